The summed E-state index contributed by atoms with van der Waals surface area (Å²) in [6.45, 7) is 2.74. The van der Waals surface area contributed by atoms with Gasteiger partial charge in [-0.2, -0.15) is 11.3 Å². The minimum absolute atomic E-state index is 0.135. The Hall–Kier alpha value is -1.61. The van der Waals surface area contributed by atoms with Crippen molar-refractivity contribution in [3.05, 3.63) is 52.2 Å². The van der Waals surface area contributed by atoms with Crippen LogP contribution in [0.4, 0.5) is 0 Å². The Labute approximate surface area is 111 Å². The second-order valence-electron chi connectivity index (χ2n) is 4.11. The molecule has 0 spiro atoms. The highest BCUT2D eigenvalue weighted by atomic mass is 32.1. The molecule has 2 aromatic rings. The molecule has 0 amide bonds. The summed E-state index contributed by atoms with van der Waals surface area (Å²) in [6.07, 6.45) is 1.42. The first kappa shape index (κ1) is 12.8. The van der Waals surface area contributed by atoms with Gasteiger partial charge in [0.25, 0.3) is 0 Å². The SMILES string of the molecule is CCCOc1cccc(C(=O)Cc2ccsc2)c1. The Kier molecular flexibility index (Phi) is 4.53. The molecule has 0 aliphatic rings. The Balaban J connectivity index is 2.05. The van der Waals surface area contributed by atoms with Crippen molar-refractivity contribution in [3.63, 3.8) is 0 Å². The molecule has 94 valence electrons. The van der Waals surface area contributed by atoms with Crippen LogP contribution in [0.25, 0.3) is 0 Å². The quantitative estimate of drug-likeness (QED) is 0.735. The maximum atomic E-state index is 12.1. The molecule has 0 fully saturated rings. The van der Waals surface area contributed by atoms with Gasteiger partial charge in [0.1, 0.15) is 5.75 Å². The molecule has 2 rings (SSSR count). The van der Waals surface area contributed by atoms with Crippen LogP contribution in [0.3, 0.4) is 0 Å². The van der Waals surface area contributed by atoms with Gasteiger partial charge in [0, 0.05) is 12.0 Å². The monoisotopic (exact) mass is 260 g/mol. The predicted molar refractivity (Wildman–Crippen MR) is 74.6 cm³/mol. The lowest BCUT2D eigenvalue weighted by Crippen LogP contribution is -2.03. The average Bonchev–Trinajstić information content (AvgIpc) is 2.89. The van der Waals surface area contributed by atoms with Gasteiger partial charge >= 0.3 is 0 Å². The van der Waals surface area contributed by atoms with Gasteiger partial charge in [-0.05, 0) is 40.9 Å². The Morgan fingerprint density at radius 2 is 2.22 bits per heavy atom. The number of hydrogen-bond donors (Lipinski definition) is 0. The van der Waals surface area contributed by atoms with Crippen LogP contribution in [0.1, 0.15) is 29.3 Å². The first-order valence-corrected chi connectivity index (χ1v) is 7.01. The number of thiophene rings is 1. The smallest absolute Gasteiger partial charge is 0.167 e. The highest BCUT2D eigenvalue weighted by Crippen LogP contribution is 2.16. The molecule has 0 aliphatic carbocycles. The lowest BCUT2D eigenvalue weighted by molar-refractivity contribution is 0.0992. The van der Waals surface area contributed by atoms with Gasteiger partial charge < -0.3 is 4.74 Å². The van der Waals surface area contributed by atoms with Crippen molar-refractivity contribution in [1.29, 1.82) is 0 Å². The molecule has 0 saturated carbocycles. The van der Waals surface area contributed by atoms with Crippen LogP contribution in [-0.2, 0) is 6.42 Å². The molecule has 2 nitrogen and oxygen atoms in total. The molecule has 0 N–H and O–H groups in total. The van der Waals surface area contributed by atoms with Gasteiger partial charge in [-0.3, -0.25) is 4.79 Å². The Morgan fingerprint density at radius 1 is 1.33 bits per heavy atom. The zero-order chi connectivity index (χ0) is 12.8. The molecule has 0 unspecified atom stereocenters. The Morgan fingerprint density at radius 3 is 2.94 bits per heavy atom. The molecule has 0 saturated heterocycles. The van der Waals surface area contributed by atoms with Gasteiger partial charge in [0.2, 0.25) is 0 Å². The molecule has 0 aliphatic heterocycles. The molecule has 0 radical (unpaired) electrons. The van der Waals surface area contributed by atoms with Gasteiger partial charge in [-0.1, -0.05) is 19.1 Å². The summed E-state index contributed by atoms with van der Waals surface area (Å²) >= 11 is 1.61. The van der Waals surface area contributed by atoms with Crippen molar-refractivity contribution < 1.29 is 9.53 Å². The first-order valence-electron chi connectivity index (χ1n) is 6.06. The van der Waals surface area contributed by atoms with Crippen molar-refractivity contribution in [2.75, 3.05) is 6.61 Å². The predicted octanol–water partition coefficient (Wildman–Crippen LogP) is 3.96. The lowest BCUT2D eigenvalue weighted by atomic mass is 10.1. The molecule has 1 aromatic heterocycles. The normalized spacial score (nSPS) is 10.3. The highest BCUT2D eigenvalue weighted by molar-refractivity contribution is 7.08. The lowest BCUT2D eigenvalue weighted by Gasteiger charge is -2.06. The number of ether oxygens (including phenoxy) is 1. The van der Waals surface area contributed by atoms with Crippen molar-refractivity contribution in [3.8, 4) is 5.75 Å². The van der Waals surface area contributed by atoms with E-state index < -0.39 is 0 Å². The van der Waals surface area contributed by atoms with Gasteiger partial charge in [0.15, 0.2) is 5.78 Å². The molecule has 1 heterocycles. The molecule has 0 bridgehead atoms. The standard InChI is InChI=1S/C15H16O2S/c1-2-7-17-14-5-3-4-13(10-14)15(16)9-12-6-8-18-11-12/h3-6,8,10-11H,2,7,9H2,1H3. The van der Waals surface area contributed by atoms with E-state index >= 15 is 0 Å². The third kappa shape index (κ3) is 3.44. The summed E-state index contributed by atoms with van der Waals surface area (Å²) in [6, 6.07) is 9.40. The fourth-order valence-electron chi connectivity index (χ4n) is 1.66. The van der Waals surface area contributed by atoms with E-state index in [1.165, 1.54) is 0 Å². The Bertz CT molecular complexity index is 503. The van der Waals surface area contributed by atoms with Gasteiger partial charge in [-0.15, -0.1) is 0 Å². The summed E-state index contributed by atoms with van der Waals surface area (Å²) < 4.78 is 5.53. The first-order chi connectivity index (χ1) is 8.79. The van der Waals surface area contributed by atoms with Gasteiger partial charge in [-0.25, -0.2) is 0 Å². The summed E-state index contributed by atoms with van der Waals surface area (Å²) in [7, 11) is 0. The van der Waals surface area contributed by atoms with E-state index in [2.05, 4.69) is 6.92 Å². The topological polar surface area (TPSA) is 26.3 Å². The zero-order valence-electron chi connectivity index (χ0n) is 10.4. The number of benzene rings is 1. The molecular weight excluding hydrogens is 244 g/mol. The van der Waals surface area contributed by atoms with Crippen LogP contribution in [0.2, 0.25) is 0 Å². The van der Waals surface area contributed by atoms with Crippen LogP contribution in [0.5, 0.6) is 5.75 Å². The van der Waals surface area contributed by atoms with Crippen molar-refractivity contribution >= 4 is 17.1 Å². The zero-order valence-corrected chi connectivity index (χ0v) is 11.2. The second kappa shape index (κ2) is 6.36. The van der Waals surface area contributed by atoms with E-state index in [-0.39, 0.29) is 5.78 Å². The van der Waals surface area contributed by atoms with Crippen molar-refractivity contribution in [1.82, 2.24) is 0 Å². The van der Waals surface area contributed by atoms with E-state index in [0.29, 0.717) is 13.0 Å². The second-order valence-corrected chi connectivity index (χ2v) is 4.89. The summed E-state index contributed by atoms with van der Waals surface area (Å²) in [4.78, 5) is 12.1. The van der Waals surface area contributed by atoms with E-state index in [4.69, 9.17) is 4.74 Å². The average molecular weight is 260 g/mol. The third-order valence-electron chi connectivity index (χ3n) is 2.57. The molecule has 3 heteroatoms. The van der Waals surface area contributed by atoms with Gasteiger partial charge in [0.05, 0.1) is 6.61 Å². The minimum atomic E-state index is 0.135. The third-order valence-corrected chi connectivity index (χ3v) is 3.31. The molecule has 18 heavy (non-hydrogen) atoms. The van der Waals surface area contributed by atoms with Crippen LogP contribution < -0.4 is 4.74 Å². The molecule has 1 aromatic carbocycles. The number of carbonyl (C=O) groups is 1. The molecule has 0 atom stereocenters. The van der Waals surface area contributed by atoms with E-state index in [1.807, 2.05) is 41.1 Å². The van der Waals surface area contributed by atoms with E-state index in [0.717, 1.165) is 23.3 Å². The number of rotatable bonds is 6. The fourth-order valence-corrected chi connectivity index (χ4v) is 2.33. The summed E-state index contributed by atoms with van der Waals surface area (Å²) in [5.41, 5.74) is 1.79. The summed E-state index contributed by atoms with van der Waals surface area (Å²) in [5.74, 6) is 0.906. The number of hydrogen-bond acceptors (Lipinski definition) is 3. The van der Waals surface area contributed by atoms with Crippen molar-refractivity contribution in [2.45, 2.75) is 19.8 Å². The molecular formula is C15H16O2S. The van der Waals surface area contributed by atoms with Crippen LogP contribution >= 0.6 is 11.3 Å². The van der Waals surface area contributed by atoms with E-state index in [9.17, 15) is 4.79 Å². The summed E-state index contributed by atoms with van der Waals surface area (Å²) in [5, 5.41) is 4.00. The number of carbonyl (C=O) groups excluding carboxylic acids is 1. The van der Waals surface area contributed by atoms with Crippen LogP contribution in [-0.4, -0.2) is 12.4 Å². The number of ketones is 1. The van der Waals surface area contributed by atoms with Crippen LogP contribution in [0, 0.1) is 0 Å². The largest absolute Gasteiger partial charge is 0.494 e. The highest BCUT2D eigenvalue weighted by Gasteiger charge is 2.08. The fraction of sp³-hybridized carbons (Fsp3) is 0.267. The minimum Gasteiger partial charge on any atom is -0.494 e. The maximum Gasteiger partial charge on any atom is 0.167 e. The van der Waals surface area contributed by atoms with Crippen LogP contribution in [0.15, 0.2) is 41.1 Å². The number of Topliss-reactive ketones (excluding diaryl/α,β-unsaturated/α-hetero) is 1. The maximum absolute atomic E-state index is 12.1. The van der Waals surface area contributed by atoms with Crippen molar-refractivity contribution in [2.24, 2.45) is 0 Å². The van der Waals surface area contributed by atoms with E-state index in [1.54, 1.807) is 11.3 Å².